The van der Waals surface area contributed by atoms with Crippen LogP contribution in [0.3, 0.4) is 0 Å². The summed E-state index contributed by atoms with van der Waals surface area (Å²) in [6, 6.07) is 0.626. The molecule has 2 aromatic heterocycles. The Hall–Kier alpha value is -1.73. The molecule has 0 aromatic carbocycles. The normalized spacial score (nSPS) is 22.3. The van der Waals surface area contributed by atoms with E-state index in [0.717, 1.165) is 37.7 Å². The molecule has 1 atom stereocenters. The minimum Gasteiger partial charge on any atom is -0.337 e. The third-order valence-corrected chi connectivity index (χ3v) is 6.05. The van der Waals surface area contributed by atoms with Gasteiger partial charge in [-0.25, -0.2) is 9.67 Å². The van der Waals surface area contributed by atoms with Gasteiger partial charge in [-0.2, -0.15) is 0 Å². The molecular formula is C19H31N7. The van der Waals surface area contributed by atoms with Gasteiger partial charge in [0.1, 0.15) is 5.82 Å². The van der Waals surface area contributed by atoms with Crippen molar-refractivity contribution >= 4 is 0 Å². The van der Waals surface area contributed by atoms with Crippen LogP contribution in [0.2, 0.25) is 0 Å². The third-order valence-electron chi connectivity index (χ3n) is 6.05. The minimum absolute atomic E-state index is 0.0361. The van der Waals surface area contributed by atoms with Gasteiger partial charge in [-0.15, -0.1) is 5.10 Å². The van der Waals surface area contributed by atoms with Gasteiger partial charge in [0.25, 0.3) is 0 Å². The summed E-state index contributed by atoms with van der Waals surface area (Å²) in [7, 11) is 2.07. The average Bonchev–Trinajstić information content (AvgIpc) is 2.94. The fraction of sp³-hybridized carbons (Fsp3) is 0.737. The first-order valence-corrected chi connectivity index (χ1v) is 9.70. The first-order chi connectivity index (χ1) is 12.4. The van der Waals surface area contributed by atoms with Crippen molar-refractivity contribution in [2.24, 2.45) is 12.5 Å². The van der Waals surface area contributed by atoms with Crippen LogP contribution in [-0.2, 0) is 25.7 Å². The number of piperidine rings is 1. The standard InChI is InChI=1S/C19H31N7/c1-18(2,3)26-13-15(22-23-26)12-25(14-17-21-9-10-24(17)4)16-11-19(16)5-7-20-8-6-19/h9-10,13,16,20H,5-8,11-12,14H2,1-4H3. The molecule has 2 aliphatic rings. The Morgan fingerprint density at radius 1 is 1.27 bits per heavy atom. The molecule has 7 nitrogen and oxygen atoms in total. The smallest absolute Gasteiger partial charge is 0.122 e. The summed E-state index contributed by atoms with van der Waals surface area (Å²) < 4.78 is 4.09. The van der Waals surface area contributed by atoms with Crippen LogP contribution in [0.25, 0.3) is 0 Å². The van der Waals surface area contributed by atoms with E-state index in [2.05, 4.69) is 64.1 Å². The van der Waals surface area contributed by atoms with Crippen molar-refractivity contribution in [1.82, 2.24) is 34.8 Å². The molecule has 3 heterocycles. The van der Waals surface area contributed by atoms with Gasteiger partial charge in [0.15, 0.2) is 0 Å². The van der Waals surface area contributed by atoms with Crippen LogP contribution in [0.5, 0.6) is 0 Å². The van der Waals surface area contributed by atoms with Crippen LogP contribution >= 0.6 is 0 Å². The summed E-state index contributed by atoms with van der Waals surface area (Å²) in [4.78, 5) is 7.13. The maximum absolute atomic E-state index is 4.55. The maximum Gasteiger partial charge on any atom is 0.122 e. The Morgan fingerprint density at radius 3 is 2.65 bits per heavy atom. The molecule has 1 spiro atoms. The third kappa shape index (κ3) is 3.42. The summed E-state index contributed by atoms with van der Waals surface area (Å²) in [5.74, 6) is 1.11. The lowest BCUT2D eigenvalue weighted by molar-refractivity contribution is 0.181. The van der Waals surface area contributed by atoms with Gasteiger partial charge >= 0.3 is 0 Å². The number of imidazole rings is 1. The van der Waals surface area contributed by atoms with E-state index >= 15 is 0 Å². The van der Waals surface area contributed by atoms with E-state index in [1.54, 1.807) is 0 Å². The zero-order valence-corrected chi connectivity index (χ0v) is 16.4. The van der Waals surface area contributed by atoms with E-state index in [-0.39, 0.29) is 5.54 Å². The summed E-state index contributed by atoms with van der Waals surface area (Å²) in [5.41, 5.74) is 1.51. The van der Waals surface area contributed by atoms with Crippen molar-refractivity contribution in [2.45, 2.75) is 64.7 Å². The topological polar surface area (TPSA) is 63.8 Å². The van der Waals surface area contributed by atoms with Crippen LogP contribution in [0.4, 0.5) is 0 Å². The molecule has 1 saturated heterocycles. The lowest BCUT2D eigenvalue weighted by atomic mass is 9.93. The molecule has 2 aromatic rings. The predicted octanol–water partition coefficient (Wildman–Crippen LogP) is 1.91. The lowest BCUT2D eigenvalue weighted by Crippen LogP contribution is -2.36. The van der Waals surface area contributed by atoms with Crippen LogP contribution < -0.4 is 5.32 Å². The van der Waals surface area contributed by atoms with Gasteiger partial charge in [0.2, 0.25) is 0 Å². The molecule has 1 unspecified atom stereocenters. The van der Waals surface area contributed by atoms with E-state index in [1.807, 2.05) is 17.1 Å². The fourth-order valence-corrected chi connectivity index (χ4v) is 4.22. The number of rotatable bonds is 5. The van der Waals surface area contributed by atoms with Gasteiger partial charge in [0.05, 0.1) is 24.0 Å². The molecule has 4 rings (SSSR count). The molecule has 2 fully saturated rings. The number of hydrogen-bond acceptors (Lipinski definition) is 5. The van der Waals surface area contributed by atoms with Gasteiger partial charge in [-0.1, -0.05) is 5.21 Å². The summed E-state index contributed by atoms with van der Waals surface area (Å²) in [6.07, 6.45) is 9.87. The van der Waals surface area contributed by atoms with Crippen molar-refractivity contribution in [3.05, 3.63) is 30.1 Å². The number of nitrogens with one attached hydrogen (secondary N) is 1. The van der Waals surface area contributed by atoms with Crippen LogP contribution in [0.1, 0.15) is 51.6 Å². The lowest BCUT2D eigenvalue weighted by Gasteiger charge is -2.29. The minimum atomic E-state index is -0.0361. The first-order valence-electron chi connectivity index (χ1n) is 9.70. The molecule has 1 aliphatic heterocycles. The van der Waals surface area contributed by atoms with Gasteiger partial charge < -0.3 is 9.88 Å². The summed E-state index contributed by atoms with van der Waals surface area (Å²) >= 11 is 0. The maximum atomic E-state index is 4.55. The number of aromatic nitrogens is 5. The van der Waals surface area contributed by atoms with Crippen LogP contribution in [0.15, 0.2) is 18.6 Å². The van der Waals surface area contributed by atoms with E-state index in [4.69, 9.17) is 0 Å². The van der Waals surface area contributed by atoms with Gasteiger partial charge in [-0.05, 0) is 58.5 Å². The number of nitrogens with zero attached hydrogens (tertiary/aromatic N) is 6. The second-order valence-electron chi connectivity index (χ2n) is 9.02. The molecular weight excluding hydrogens is 326 g/mol. The predicted molar refractivity (Wildman–Crippen MR) is 100 cm³/mol. The van der Waals surface area contributed by atoms with Crippen molar-refractivity contribution < 1.29 is 0 Å². The molecule has 142 valence electrons. The molecule has 0 amide bonds. The Bertz CT molecular complexity index is 748. The highest BCUT2D eigenvalue weighted by molar-refractivity contribution is 5.12. The highest BCUT2D eigenvalue weighted by Crippen LogP contribution is 2.56. The van der Waals surface area contributed by atoms with Crippen molar-refractivity contribution in [2.75, 3.05) is 13.1 Å². The Balaban J connectivity index is 1.53. The van der Waals surface area contributed by atoms with E-state index in [0.29, 0.717) is 11.5 Å². The zero-order valence-electron chi connectivity index (χ0n) is 16.4. The van der Waals surface area contributed by atoms with Crippen LogP contribution in [0, 0.1) is 5.41 Å². The molecule has 0 bridgehead atoms. The summed E-state index contributed by atoms with van der Waals surface area (Å²) in [6.45, 7) is 10.5. The van der Waals surface area contributed by atoms with Gasteiger partial charge in [0, 0.05) is 32.0 Å². The largest absolute Gasteiger partial charge is 0.337 e. The summed E-state index contributed by atoms with van der Waals surface area (Å²) in [5, 5.41) is 12.3. The quantitative estimate of drug-likeness (QED) is 0.886. The SMILES string of the molecule is Cn1ccnc1CN(Cc1cn(C(C)(C)C)nn1)C1CC12CCNCC2. The number of hydrogen-bond donors (Lipinski definition) is 1. The Morgan fingerprint density at radius 2 is 2.04 bits per heavy atom. The second-order valence-corrected chi connectivity index (χ2v) is 9.02. The molecule has 1 saturated carbocycles. The molecule has 7 heteroatoms. The molecule has 1 aliphatic carbocycles. The van der Waals surface area contributed by atoms with E-state index < -0.39 is 0 Å². The van der Waals surface area contributed by atoms with E-state index in [1.165, 1.54) is 19.3 Å². The number of aryl methyl sites for hydroxylation is 1. The molecule has 0 radical (unpaired) electrons. The van der Waals surface area contributed by atoms with Crippen molar-refractivity contribution in [3.63, 3.8) is 0 Å². The average molecular weight is 358 g/mol. The second kappa shape index (κ2) is 6.46. The van der Waals surface area contributed by atoms with Gasteiger partial charge in [-0.3, -0.25) is 4.90 Å². The van der Waals surface area contributed by atoms with E-state index in [9.17, 15) is 0 Å². The molecule has 1 N–H and O–H groups in total. The molecule has 26 heavy (non-hydrogen) atoms. The zero-order chi connectivity index (χ0) is 18.4. The monoisotopic (exact) mass is 357 g/mol. The van der Waals surface area contributed by atoms with Crippen molar-refractivity contribution in [3.8, 4) is 0 Å². The van der Waals surface area contributed by atoms with Crippen LogP contribution in [-0.4, -0.2) is 48.6 Å². The van der Waals surface area contributed by atoms with Crippen molar-refractivity contribution in [1.29, 1.82) is 0 Å². The first kappa shape index (κ1) is 17.7. The Kier molecular flexibility index (Phi) is 4.39. The highest BCUT2D eigenvalue weighted by Gasteiger charge is 2.56. The highest BCUT2D eigenvalue weighted by atomic mass is 15.4. The Labute approximate surface area is 155 Å². The fourth-order valence-electron chi connectivity index (χ4n) is 4.22.